The summed E-state index contributed by atoms with van der Waals surface area (Å²) >= 11 is 5.72. The molecular formula is C23H24ClF3N6O2. The summed E-state index contributed by atoms with van der Waals surface area (Å²) in [7, 11) is 0. The van der Waals surface area contributed by atoms with E-state index in [-0.39, 0.29) is 11.5 Å². The Hall–Kier alpha value is -3.47. The van der Waals surface area contributed by atoms with Gasteiger partial charge in [0.05, 0.1) is 10.6 Å². The molecule has 1 aromatic heterocycles. The monoisotopic (exact) mass is 508 g/mol. The number of carbonyl (C=O) groups excluding carboxylic acids is 2. The van der Waals surface area contributed by atoms with E-state index in [0.717, 1.165) is 27.4 Å². The van der Waals surface area contributed by atoms with Crippen LogP contribution in [0, 0.1) is 6.92 Å². The van der Waals surface area contributed by atoms with E-state index < -0.39 is 47.2 Å². The number of tetrazole rings is 1. The minimum atomic E-state index is -4.74. The smallest absolute Gasteiger partial charge is 0.350 e. The Morgan fingerprint density at radius 2 is 1.74 bits per heavy atom. The lowest BCUT2D eigenvalue weighted by atomic mass is 10.1. The second-order valence-electron chi connectivity index (χ2n) is 8.95. The number of nitrogens with zero attached hydrogens (tertiary/aromatic N) is 5. The van der Waals surface area contributed by atoms with E-state index in [4.69, 9.17) is 11.6 Å². The minimum absolute atomic E-state index is 0.144. The van der Waals surface area contributed by atoms with Crippen molar-refractivity contribution in [3.63, 3.8) is 0 Å². The first kappa shape index (κ1) is 26.1. The lowest BCUT2D eigenvalue weighted by Crippen LogP contribution is -2.48. The van der Waals surface area contributed by atoms with Crippen molar-refractivity contribution >= 4 is 29.1 Å². The van der Waals surface area contributed by atoms with Crippen molar-refractivity contribution in [2.45, 2.75) is 46.0 Å². The fourth-order valence-corrected chi connectivity index (χ4v) is 3.38. The molecule has 0 unspecified atom stereocenters. The number of halogens is 4. The third kappa shape index (κ3) is 7.01. The largest absolute Gasteiger partial charge is 0.417 e. The van der Waals surface area contributed by atoms with Crippen molar-refractivity contribution in [2.24, 2.45) is 0 Å². The number of amides is 2. The summed E-state index contributed by atoms with van der Waals surface area (Å²) in [6.45, 7) is 6.19. The molecule has 3 aromatic rings. The maximum absolute atomic E-state index is 13.4. The first-order chi connectivity index (χ1) is 16.2. The SMILES string of the molecule is Cc1ccc(-c2nnn(CC(=O)N(CC(=O)NC(C)(C)C)c3ccc(Cl)c(C(F)(F)F)c3)n2)cc1. The van der Waals surface area contributed by atoms with Gasteiger partial charge in [-0.2, -0.15) is 18.0 Å². The molecule has 0 atom stereocenters. The van der Waals surface area contributed by atoms with Crippen molar-refractivity contribution in [1.82, 2.24) is 25.5 Å². The van der Waals surface area contributed by atoms with Crippen LogP contribution in [-0.4, -0.2) is 44.1 Å². The summed E-state index contributed by atoms with van der Waals surface area (Å²) in [6.07, 6.45) is -4.74. The van der Waals surface area contributed by atoms with E-state index in [1.165, 1.54) is 6.07 Å². The normalized spacial score (nSPS) is 11.9. The number of anilines is 1. The quantitative estimate of drug-likeness (QED) is 0.537. The lowest BCUT2D eigenvalue weighted by Gasteiger charge is -2.26. The van der Waals surface area contributed by atoms with Gasteiger partial charge >= 0.3 is 6.18 Å². The number of aromatic nitrogens is 4. The van der Waals surface area contributed by atoms with Crippen LogP contribution in [0.1, 0.15) is 31.9 Å². The molecule has 0 radical (unpaired) electrons. The maximum Gasteiger partial charge on any atom is 0.417 e. The number of nitrogens with one attached hydrogen (secondary N) is 1. The predicted octanol–water partition coefficient (Wildman–Crippen LogP) is 4.27. The van der Waals surface area contributed by atoms with Crippen LogP contribution in [0.5, 0.6) is 0 Å². The molecule has 1 heterocycles. The van der Waals surface area contributed by atoms with Gasteiger partial charge in [0.1, 0.15) is 13.1 Å². The molecule has 2 amide bonds. The zero-order valence-corrected chi connectivity index (χ0v) is 20.3. The van der Waals surface area contributed by atoms with Gasteiger partial charge in [0, 0.05) is 16.8 Å². The minimum Gasteiger partial charge on any atom is -0.350 e. The van der Waals surface area contributed by atoms with Crippen molar-refractivity contribution in [3.05, 3.63) is 58.6 Å². The fourth-order valence-electron chi connectivity index (χ4n) is 3.16. The molecule has 2 aromatic carbocycles. The van der Waals surface area contributed by atoms with Gasteiger partial charge in [-0.15, -0.1) is 10.2 Å². The second-order valence-corrected chi connectivity index (χ2v) is 9.36. The first-order valence-corrected chi connectivity index (χ1v) is 10.9. The van der Waals surface area contributed by atoms with E-state index in [1.807, 2.05) is 19.1 Å². The Bertz CT molecular complexity index is 1220. The topological polar surface area (TPSA) is 93.0 Å². The fraction of sp³-hybridized carbons (Fsp3) is 0.348. The Labute approximate surface area is 205 Å². The molecular weight excluding hydrogens is 485 g/mol. The van der Waals surface area contributed by atoms with Crippen molar-refractivity contribution in [2.75, 3.05) is 11.4 Å². The highest BCUT2D eigenvalue weighted by Crippen LogP contribution is 2.37. The van der Waals surface area contributed by atoms with E-state index in [1.54, 1.807) is 32.9 Å². The third-order valence-corrected chi connectivity index (χ3v) is 5.05. The molecule has 3 rings (SSSR count). The molecule has 0 saturated carbocycles. The standard InChI is InChI=1S/C23H24ClF3N6O2/c1-14-5-7-15(8-6-14)21-29-31-33(30-21)13-20(35)32(12-19(34)28-22(2,3)4)16-9-10-18(24)17(11-16)23(25,26)27/h5-11H,12-13H2,1-4H3,(H,28,34). The Morgan fingerprint density at radius 1 is 1.09 bits per heavy atom. The van der Waals surface area contributed by atoms with Crippen LogP contribution >= 0.6 is 11.6 Å². The molecule has 8 nitrogen and oxygen atoms in total. The van der Waals surface area contributed by atoms with Gasteiger partial charge in [-0.25, -0.2) is 0 Å². The molecule has 186 valence electrons. The van der Waals surface area contributed by atoms with E-state index in [9.17, 15) is 22.8 Å². The van der Waals surface area contributed by atoms with Gasteiger partial charge in [0.25, 0.3) is 5.91 Å². The van der Waals surface area contributed by atoms with Crippen molar-refractivity contribution in [3.8, 4) is 11.4 Å². The Balaban J connectivity index is 1.90. The van der Waals surface area contributed by atoms with Gasteiger partial charge in [0.15, 0.2) is 0 Å². The number of alkyl halides is 3. The summed E-state index contributed by atoms with van der Waals surface area (Å²) in [5.74, 6) is -0.987. The molecule has 0 aliphatic heterocycles. The molecule has 0 spiro atoms. The number of benzene rings is 2. The van der Waals surface area contributed by atoms with Crippen LogP contribution in [-0.2, 0) is 22.3 Å². The predicted molar refractivity (Wildman–Crippen MR) is 125 cm³/mol. The lowest BCUT2D eigenvalue weighted by molar-refractivity contribution is -0.137. The highest BCUT2D eigenvalue weighted by Gasteiger charge is 2.34. The molecule has 12 heteroatoms. The van der Waals surface area contributed by atoms with Crippen LogP contribution < -0.4 is 10.2 Å². The summed E-state index contributed by atoms with van der Waals surface area (Å²) in [5.41, 5.74) is -0.148. The summed E-state index contributed by atoms with van der Waals surface area (Å²) in [5, 5.41) is 14.2. The number of hydrogen-bond donors (Lipinski definition) is 1. The van der Waals surface area contributed by atoms with Gasteiger partial charge in [0.2, 0.25) is 11.7 Å². The van der Waals surface area contributed by atoms with E-state index in [2.05, 4.69) is 20.7 Å². The first-order valence-electron chi connectivity index (χ1n) is 10.6. The van der Waals surface area contributed by atoms with Crippen LogP contribution in [0.15, 0.2) is 42.5 Å². The third-order valence-electron chi connectivity index (χ3n) is 4.72. The maximum atomic E-state index is 13.4. The summed E-state index contributed by atoms with van der Waals surface area (Å²) in [4.78, 5) is 27.7. The van der Waals surface area contributed by atoms with Crippen LogP contribution in [0.25, 0.3) is 11.4 Å². The average molecular weight is 509 g/mol. The van der Waals surface area contributed by atoms with Gasteiger partial charge in [-0.05, 0) is 51.1 Å². The second kappa shape index (κ2) is 10.0. The van der Waals surface area contributed by atoms with E-state index >= 15 is 0 Å². The van der Waals surface area contributed by atoms with Crippen LogP contribution in [0.3, 0.4) is 0 Å². The molecule has 0 saturated heterocycles. The van der Waals surface area contributed by atoms with Gasteiger partial charge in [-0.1, -0.05) is 41.4 Å². The highest BCUT2D eigenvalue weighted by atomic mass is 35.5. The number of aryl methyl sites for hydroxylation is 1. The molecule has 0 bridgehead atoms. The Kier molecular flexibility index (Phi) is 7.49. The number of carbonyl (C=O) groups is 2. The molecule has 35 heavy (non-hydrogen) atoms. The van der Waals surface area contributed by atoms with Crippen LogP contribution in [0.2, 0.25) is 5.02 Å². The molecule has 0 aliphatic rings. The van der Waals surface area contributed by atoms with Gasteiger partial charge in [-0.3, -0.25) is 9.59 Å². The molecule has 0 aliphatic carbocycles. The zero-order chi connectivity index (χ0) is 26.0. The number of hydrogen-bond acceptors (Lipinski definition) is 5. The highest BCUT2D eigenvalue weighted by molar-refractivity contribution is 6.31. The summed E-state index contributed by atoms with van der Waals surface area (Å²) < 4.78 is 40.2. The number of rotatable bonds is 6. The molecule has 1 N–H and O–H groups in total. The average Bonchev–Trinajstić information content (AvgIpc) is 3.19. The Morgan fingerprint density at radius 3 is 2.34 bits per heavy atom. The van der Waals surface area contributed by atoms with E-state index in [0.29, 0.717) is 5.56 Å². The molecule has 0 fully saturated rings. The van der Waals surface area contributed by atoms with Crippen molar-refractivity contribution in [1.29, 1.82) is 0 Å². The van der Waals surface area contributed by atoms with Crippen molar-refractivity contribution < 1.29 is 22.8 Å². The van der Waals surface area contributed by atoms with Crippen LogP contribution in [0.4, 0.5) is 18.9 Å². The summed E-state index contributed by atoms with van der Waals surface area (Å²) in [6, 6.07) is 10.3. The zero-order valence-electron chi connectivity index (χ0n) is 19.5. The van der Waals surface area contributed by atoms with Gasteiger partial charge < -0.3 is 10.2 Å².